The summed E-state index contributed by atoms with van der Waals surface area (Å²) in [5.74, 6) is 0.817. The summed E-state index contributed by atoms with van der Waals surface area (Å²) in [5, 5.41) is 9.82. The van der Waals surface area contributed by atoms with Gasteiger partial charge in [-0.3, -0.25) is 9.67 Å². The summed E-state index contributed by atoms with van der Waals surface area (Å²) in [4.78, 5) is 1.07. The minimum atomic E-state index is 0.570. The Morgan fingerprint density at radius 3 is 2.67 bits per heavy atom. The van der Waals surface area contributed by atoms with Crippen molar-refractivity contribution in [3.05, 3.63) is 51.6 Å². The van der Waals surface area contributed by atoms with Crippen molar-refractivity contribution in [2.75, 3.05) is 0 Å². The van der Waals surface area contributed by atoms with Crippen LogP contribution in [0.4, 0.5) is 0 Å². The zero-order chi connectivity index (χ0) is 12.5. The maximum Gasteiger partial charge on any atom is 0.200 e. The number of hydrogen-bond donors (Lipinski definition) is 1. The van der Waals surface area contributed by atoms with Crippen molar-refractivity contribution < 1.29 is 0 Å². The second-order valence-corrected chi connectivity index (χ2v) is 5.41. The Morgan fingerprint density at radius 2 is 2.00 bits per heavy atom. The summed E-state index contributed by atoms with van der Waals surface area (Å²) in [5.41, 5.74) is 0.946. The zero-order valence-electron chi connectivity index (χ0n) is 9.13. The molecule has 0 amide bonds. The van der Waals surface area contributed by atoms with Gasteiger partial charge in [-0.15, -0.1) is 11.3 Å². The lowest BCUT2D eigenvalue weighted by Crippen LogP contribution is -1.96. The number of aromatic nitrogens is 3. The summed E-state index contributed by atoms with van der Waals surface area (Å²) in [7, 11) is 0. The van der Waals surface area contributed by atoms with Crippen LogP contribution in [0.1, 0.15) is 0 Å². The number of nitrogens with one attached hydrogen (secondary N) is 1. The number of halogens is 1. The van der Waals surface area contributed by atoms with Crippen LogP contribution in [-0.4, -0.2) is 14.8 Å². The van der Waals surface area contributed by atoms with Gasteiger partial charge in [0.15, 0.2) is 10.6 Å². The van der Waals surface area contributed by atoms with Crippen LogP contribution < -0.4 is 0 Å². The highest BCUT2D eigenvalue weighted by molar-refractivity contribution is 7.71. The molecule has 3 aromatic rings. The van der Waals surface area contributed by atoms with E-state index in [9.17, 15) is 0 Å². The summed E-state index contributed by atoms with van der Waals surface area (Å²) >= 11 is 12.8. The number of nitrogens with zero attached hydrogens (tertiary/aromatic N) is 2. The molecule has 0 aliphatic rings. The Hall–Kier alpha value is -1.43. The largest absolute Gasteiger partial charge is 0.267 e. The van der Waals surface area contributed by atoms with Crippen LogP contribution in [-0.2, 0) is 0 Å². The molecule has 0 saturated carbocycles. The molecule has 2 aromatic heterocycles. The fourth-order valence-corrected chi connectivity index (χ4v) is 2.76. The van der Waals surface area contributed by atoms with E-state index in [4.69, 9.17) is 23.8 Å². The standard InChI is InChI=1S/C12H8ClN3S2/c13-8-3-5-9(6-4-8)16-11(14-15-12(16)17)10-2-1-7-18-10/h1-7H,(H,15,17). The molecular formula is C12H8ClN3S2. The van der Waals surface area contributed by atoms with E-state index in [0.717, 1.165) is 16.4 Å². The fraction of sp³-hybridized carbons (Fsp3) is 0. The molecule has 0 atom stereocenters. The second-order valence-electron chi connectivity index (χ2n) is 3.64. The number of benzene rings is 1. The van der Waals surface area contributed by atoms with Gasteiger partial charge in [-0.25, -0.2) is 0 Å². The predicted molar refractivity (Wildman–Crippen MR) is 77.1 cm³/mol. The molecular weight excluding hydrogens is 286 g/mol. The Labute approximate surface area is 118 Å². The van der Waals surface area contributed by atoms with Crippen LogP contribution in [0.2, 0.25) is 5.02 Å². The van der Waals surface area contributed by atoms with Crippen molar-refractivity contribution in [2.45, 2.75) is 0 Å². The molecule has 1 aromatic carbocycles. The normalized spacial score (nSPS) is 10.7. The molecule has 6 heteroatoms. The van der Waals surface area contributed by atoms with E-state index >= 15 is 0 Å². The lowest BCUT2D eigenvalue weighted by atomic mass is 10.3. The van der Waals surface area contributed by atoms with Crippen molar-refractivity contribution in [2.24, 2.45) is 0 Å². The Kier molecular flexibility index (Phi) is 3.03. The molecule has 0 aliphatic carbocycles. The number of thiophene rings is 1. The Balaban J connectivity index is 2.20. The lowest BCUT2D eigenvalue weighted by molar-refractivity contribution is 1.04. The van der Waals surface area contributed by atoms with E-state index in [1.807, 2.05) is 46.3 Å². The number of H-pyrrole nitrogens is 1. The number of rotatable bonds is 2. The number of aromatic amines is 1. The molecule has 0 radical (unpaired) electrons. The Bertz CT molecular complexity index is 711. The van der Waals surface area contributed by atoms with Gasteiger partial charge in [0.2, 0.25) is 0 Å². The highest BCUT2D eigenvalue weighted by Gasteiger charge is 2.11. The van der Waals surface area contributed by atoms with Crippen molar-refractivity contribution in [3.8, 4) is 16.4 Å². The van der Waals surface area contributed by atoms with Gasteiger partial charge in [0.25, 0.3) is 0 Å². The minimum absolute atomic E-state index is 0.570. The van der Waals surface area contributed by atoms with Gasteiger partial charge in [0, 0.05) is 5.02 Å². The maximum atomic E-state index is 5.90. The molecule has 2 heterocycles. The van der Waals surface area contributed by atoms with Crippen molar-refractivity contribution in [1.29, 1.82) is 0 Å². The second kappa shape index (κ2) is 4.68. The highest BCUT2D eigenvalue weighted by atomic mass is 35.5. The zero-order valence-corrected chi connectivity index (χ0v) is 11.5. The third-order valence-electron chi connectivity index (χ3n) is 2.50. The predicted octanol–water partition coefficient (Wildman–Crippen LogP) is 4.31. The third kappa shape index (κ3) is 2.01. The van der Waals surface area contributed by atoms with Crippen LogP contribution in [0.3, 0.4) is 0 Å². The molecule has 0 saturated heterocycles. The van der Waals surface area contributed by atoms with Gasteiger partial charge >= 0.3 is 0 Å². The fourth-order valence-electron chi connectivity index (χ4n) is 1.70. The quantitative estimate of drug-likeness (QED) is 0.714. The van der Waals surface area contributed by atoms with Crippen molar-refractivity contribution >= 4 is 35.2 Å². The van der Waals surface area contributed by atoms with Gasteiger partial charge < -0.3 is 0 Å². The Morgan fingerprint density at radius 1 is 1.22 bits per heavy atom. The van der Waals surface area contributed by atoms with E-state index in [1.54, 1.807) is 11.3 Å². The molecule has 0 fully saturated rings. The molecule has 90 valence electrons. The van der Waals surface area contributed by atoms with Gasteiger partial charge in [0.1, 0.15) is 0 Å². The smallest absolute Gasteiger partial charge is 0.200 e. The van der Waals surface area contributed by atoms with E-state index in [-0.39, 0.29) is 0 Å². The molecule has 0 spiro atoms. The summed E-state index contributed by atoms with van der Waals surface area (Å²) in [6.07, 6.45) is 0. The molecule has 3 nitrogen and oxygen atoms in total. The first-order valence-corrected chi connectivity index (χ1v) is 6.89. The molecule has 18 heavy (non-hydrogen) atoms. The number of hydrogen-bond acceptors (Lipinski definition) is 3. The first-order valence-electron chi connectivity index (χ1n) is 5.23. The summed E-state index contributed by atoms with van der Waals surface area (Å²) in [6.45, 7) is 0. The molecule has 1 N–H and O–H groups in total. The summed E-state index contributed by atoms with van der Waals surface area (Å²) in [6, 6.07) is 11.5. The molecule has 3 rings (SSSR count). The molecule has 0 aliphatic heterocycles. The van der Waals surface area contributed by atoms with Crippen LogP contribution in [0, 0.1) is 4.77 Å². The molecule has 0 bridgehead atoms. The van der Waals surface area contributed by atoms with Crippen LogP contribution >= 0.6 is 35.2 Å². The van der Waals surface area contributed by atoms with Gasteiger partial charge in [-0.05, 0) is 47.9 Å². The topological polar surface area (TPSA) is 33.6 Å². The van der Waals surface area contributed by atoms with Crippen molar-refractivity contribution in [3.63, 3.8) is 0 Å². The SMILES string of the molecule is S=c1[nH]nc(-c2cccs2)n1-c1ccc(Cl)cc1. The van der Waals surface area contributed by atoms with Crippen LogP contribution in [0.25, 0.3) is 16.4 Å². The van der Waals surface area contributed by atoms with Gasteiger partial charge in [0.05, 0.1) is 10.6 Å². The average Bonchev–Trinajstić information content (AvgIpc) is 2.99. The van der Waals surface area contributed by atoms with Crippen molar-refractivity contribution in [1.82, 2.24) is 14.8 Å². The summed E-state index contributed by atoms with van der Waals surface area (Å²) < 4.78 is 2.47. The first-order chi connectivity index (χ1) is 8.75. The van der Waals surface area contributed by atoms with Crippen LogP contribution in [0.5, 0.6) is 0 Å². The maximum absolute atomic E-state index is 5.90. The lowest BCUT2D eigenvalue weighted by Gasteiger charge is -2.05. The van der Waals surface area contributed by atoms with Gasteiger partial charge in [-0.1, -0.05) is 17.7 Å². The third-order valence-corrected chi connectivity index (χ3v) is 3.89. The van der Waals surface area contributed by atoms with Gasteiger partial charge in [-0.2, -0.15) is 5.10 Å². The van der Waals surface area contributed by atoms with E-state index in [2.05, 4.69) is 10.2 Å². The first kappa shape index (κ1) is 11.6. The average molecular weight is 294 g/mol. The molecule has 0 unspecified atom stereocenters. The minimum Gasteiger partial charge on any atom is -0.267 e. The monoisotopic (exact) mass is 293 g/mol. The highest BCUT2D eigenvalue weighted by Crippen LogP contribution is 2.26. The van der Waals surface area contributed by atoms with E-state index in [1.165, 1.54) is 0 Å². The van der Waals surface area contributed by atoms with E-state index < -0.39 is 0 Å². The van der Waals surface area contributed by atoms with E-state index in [0.29, 0.717) is 9.79 Å². The van der Waals surface area contributed by atoms with Crippen LogP contribution in [0.15, 0.2) is 41.8 Å².